The molecule has 1 N–H and O–H groups in total. The Morgan fingerprint density at radius 1 is 0.717 bits per heavy atom. The number of carbonyl (C=O) groups excluding carboxylic acids is 2. The first-order valence-corrected chi connectivity index (χ1v) is 17.2. The third-order valence-electron chi connectivity index (χ3n) is 8.86. The first-order valence-electron chi connectivity index (χ1n) is 15.4. The van der Waals surface area contributed by atoms with Crippen LogP contribution in [-0.4, -0.2) is 67.7 Å². The summed E-state index contributed by atoms with van der Waals surface area (Å²) in [5, 5.41) is 15.5. The normalized spacial score (nSPS) is 17.0. The van der Waals surface area contributed by atoms with E-state index in [1.807, 2.05) is 41.8 Å². The second-order valence-corrected chi connectivity index (χ2v) is 13.0. The molecule has 2 saturated heterocycles. The van der Waals surface area contributed by atoms with Crippen molar-refractivity contribution < 1.29 is 33.6 Å². The van der Waals surface area contributed by atoms with Crippen LogP contribution in [0.25, 0.3) is 0 Å². The number of thiazole rings is 2. The second kappa shape index (κ2) is 15.4. The molecule has 0 saturated carbocycles. The lowest BCUT2D eigenvalue weighted by Gasteiger charge is -2.36. The number of benzene rings is 2. The van der Waals surface area contributed by atoms with Crippen molar-refractivity contribution in [3.8, 4) is 0 Å². The lowest BCUT2D eigenvalue weighted by atomic mass is 9.74. The third kappa shape index (κ3) is 7.08. The van der Waals surface area contributed by atoms with Crippen molar-refractivity contribution in [2.45, 2.75) is 56.5 Å². The number of aliphatic hydroxyl groups excluding tert-OH is 1. The summed E-state index contributed by atoms with van der Waals surface area (Å²) < 4.78 is 20.6. The average Bonchev–Trinajstić information content (AvgIpc) is 3.83. The highest BCUT2D eigenvalue weighted by atomic mass is 32.1. The maximum Gasteiger partial charge on any atom is 0.337 e. The van der Waals surface area contributed by atoms with Crippen molar-refractivity contribution in [2.24, 2.45) is 0 Å². The van der Waals surface area contributed by atoms with Gasteiger partial charge in [-0.2, -0.15) is 0 Å². The zero-order chi connectivity index (χ0) is 32.6. The molecule has 0 spiro atoms. The van der Waals surface area contributed by atoms with Gasteiger partial charge in [-0.15, -0.1) is 22.7 Å². The maximum absolute atomic E-state index is 11.6. The van der Waals surface area contributed by atoms with E-state index >= 15 is 0 Å². The molecule has 0 bridgehead atoms. The predicted molar refractivity (Wildman–Crippen MR) is 177 cm³/mol. The van der Waals surface area contributed by atoms with Crippen LogP contribution in [0.2, 0.25) is 0 Å². The van der Waals surface area contributed by atoms with E-state index in [0.717, 1.165) is 66.6 Å². The number of rotatable bonds is 8. The van der Waals surface area contributed by atoms with E-state index in [1.165, 1.54) is 19.8 Å². The van der Waals surface area contributed by atoms with Crippen molar-refractivity contribution in [1.29, 1.82) is 0 Å². The molecule has 46 heavy (non-hydrogen) atoms. The van der Waals surface area contributed by atoms with Crippen molar-refractivity contribution in [3.63, 3.8) is 0 Å². The van der Waals surface area contributed by atoms with E-state index in [9.17, 15) is 14.7 Å². The van der Waals surface area contributed by atoms with Crippen LogP contribution in [0.4, 0.5) is 0 Å². The largest absolute Gasteiger partial charge is 0.465 e. The van der Waals surface area contributed by atoms with Crippen molar-refractivity contribution in [1.82, 2.24) is 9.97 Å². The lowest BCUT2D eigenvalue weighted by molar-refractivity contribution is 0.0590. The molecule has 11 heteroatoms. The standard InChI is InChI=1S/C18H21NO3S.C17H19NO4S/c1-3-15-12-23-17(19-15)18(8-10-22-11-9-18)14-6-4-13(5-7-14)16(20)21-2;1-21-15(20)12-2-4-13(5-3-12)17(6-8-22-9-7-17)16-18-14(10-19)11-23-16/h4-7,12H,3,8-11H2,1-2H3;2-5,11,19H,6-10H2,1H3. The molecule has 2 aliphatic heterocycles. The highest BCUT2D eigenvalue weighted by Crippen LogP contribution is 2.44. The SMILES string of the molecule is CCc1csc(C2(c3ccc(C(=O)OC)cc3)CCOCC2)n1.COC(=O)c1ccc(C2(c3nc(CO)cs3)CCOCC2)cc1. The summed E-state index contributed by atoms with van der Waals surface area (Å²) in [7, 11) is 2.78. The smallest absolute Gasteiger partial charge is 0.337 e. The molecule has 0 aliphatic carbocycles. The molecule has 0 radical (unpaired) electrons. The van der Waals surface area contributed by atoms with Crippen molar-refractivity contribution in [3.05, 3.63) is 103 Å². The molecule has 244 valence electrons. The van der Waals surface area contributed by atoms with Gasteiger partial charge in [0.15, 0.2) is 0 Å². The minimum Gasteiger partial charge on any atom is -0.465 e. The van der Waals surface area contributed by atoms with E-state index in [-0.39, 0.29) is 29.4 Å². The van der Waals surface area contributed by atoms with Gasteiger partial charge in [0.1, 0.15) is 10.0 Å². The van der Waals surface area contributed by atoms with Crippen LogP contribution in [0, 0.1) is 0 Å². The van der Waals surface area contributed by atoms with E-state index in [4.69, 9.17) is 23.9 Å². The summed E-state index contributed by atoms with van der Waals surface area (Å²) >= 11 is 3.30. The Hall–Kier alpha value is -3.48. The Bertz CT molecular complexity index is 1470. The summed E-state index contributed by atoms with van der Waals surface area (Å²) in [5.74, 6) is -0.644. The highest BCUT2D eigenvalue weighted by molar-refractivity contribution is 7.10. The Labute approximate surface area is 277 Å². The first-order chi connectivity index (χ1) is 22.4. The van der Waals surface area contributed by atoms with Gasteiger partial charge in [0.25, 0.3) is 0 Å². The Morgan fingerprint density at radius 3 is 1.43 bits per heavy atom. The molecular weight excluding hydrogens is 625 g/mol. The van der Waals surface area contributed by atoms with E-state index in [2.05, 4.69) is 17.3 Å². The van der Waals surface area contributed by atoms with Gasteiger partial charge in [-0.05, 0) is 67.5 Å². The van der Waals surface area contributed by atoms with Gasteiger partial charge in [-0.25, -0.2) is 19.6 Å². The lowest BCUT2D eigenvalue weighted by Crippen LogP contribution is -2.35. The average molecular weight is 665 g/mol. The van der Waals surface area contributed by atoms with Gasteiger partial charge in [0, 0.05) is 37.2 Å². The fourth-order valence-corrected chi connectivity index (χ4v) is 8.34. The second-order valence-electron chi connectivity index (χ2n) is 11.3. The third-order valence-corrected chi connectivity index (χ3v) is 11.0. The number of aliphatic hydroxyl groups is 1. The molecule has 4 heterocycles. The molecule has 0 unspecified atom stereocenters. The van der Waals surface area contributed by atoms with Gasteiger partial charge in [0.2, 0.25) is 0 Å². The number of hydrogen-bond acceptors (Lipinski definition) is 11. The maximum atomic E-state index is 11.6. The fraction of sp³-hybridized carbons (Fsp3) is 0.429. The Balaban J connectivity index is 0.000000181. The predicted octanol–water partition coefficient (Wildman–Crippen LogP) is 6.11. The topological polar surface area (TPSA) is 117 Å². The quantitative estimate of drug-likeness (QED) is 0.223. The first kappa shape index (κ1) is 33.9. The Morgan fingerprint density at radius 2 is 1.11 bits per heavy atom. The number of ether oxygens (including phenoxy) is 4. The number of carbonyl (C=O) groups is 2. The summed E-state index contributed by atoms with van der Waals surface area (Å²) in [5.41, 5.74) is 4.94. The molecule has 6 rings (SSSR count). The van der Waals surface area contributed by atoms with Gasteiger partial charge >= 0.3 is 11.9 Å². The number of nitrogens with zero attached hydrogens (tertiary/aromatic N) is 2. The molecule has 2 aliphatic rings. The van der Waals surface area contributed by atoms with Gasteiger partial charge in [-0.3, -0.25) is 0 Å². The van der Waals surface area contributed by atoms with Crippen LogP contribution in [0.5, 0.6) is 0 Å². The molecule has 2 aromatic heterocycles. The zero-order valence-corrected chi connectivity index (χ0v) is 28.1. The van der Waals surface area contributed by atoms with E-state index in [1.54, 1.807) is 34.8 Å². The highest BCUT2D eigenvalue weighted by Gasteiger charge is 2.40. The number of aromatic nitrogens is 2. The molecule has 0 atom stereocenters. The molecule has 2 fully saturated rings. The number of esters is 2. The molecule has 0 amide bonds. The summed E-state index contributed by atoms with van der Waals surface area (Å²) in [4.78, 5) is 32.7. The molecule has 2 aromatic carbocycles. The van der Waals surface area contributed by atoms with Gasteiger partial charge in [-0.1, -0.05) is 31.2 Å². The van der Waals surface area contributed by atoms with E-state index in [0.29, 0.717) is 30.0 Å². The van der Waals surface area contributed by atoms with Crippen LogP contribution >= 0.6 is 22.7 Å². The summed E-state index contributed by atoms with van der Waals surface area (Å²) in [6.07, 6.45) is 4.46. The molecule has 4 aromatic rings. The van der Waals surface area contributed by atoms with Crippen LogP contribution in [0.3, 0.4) is 0 Å². The minimum absolute atomic E-state index is 0.0512. The minimum atomic E-state index is -0.339. The van der Waals surface area contributed by atoms with Gasteiger partial charge < -0.3 is 24.1 Å². The number of methoxy groups -OCH3 is 2. The molecular formula is C35H40N2O7S2. The monoisotopic (exact) mass is 664 g/mol. The van der Waals surface area contributed by atoms with Crippen LogP contribution in [0.15, 0.2) is 59.3 Å². The van der Waals surface area contributed by atoms with Crippen LogP contribution in [-0.2, 0) is 42.8 Å². The molecule has 9 nitrogen and oxygen atoms in total. The van der Waals surface area contributed by atoms with Crippen molar-refractivity contribution in [2.75, 3.05) is 40.6 Å². The van der Waals surface area contributed by atoms with Crippen LogP contribution in [0.1, 0.15) is 85.9 Å². The Kier molecular flexibility index (Phi) is 11.3. The zero-order valence-electron chi connectivity index (χ0n) is 26.5. The van der Waals surface area contributed by atoms with E-state index < -0.39 is 0 Å². The number of hydrogen-bond donors (Lipinski definition) is 1. The van der Waals surface area contributed by atoms with Gasteiger partial charge in [0.05, 0.1) is 54.2 Å². The summed E-state index contributed by atoms with van der Waals surface area (Å²) in [6, 6.07) is 15.3. The fourth-order valence-electron chi connectivity index (χ4n) is 6.07. The summed E-state index contributed by atoms with van der Waals surface area (Å²) in [6.45, 7) is 4.89. The van der Waals surface area contributed by atoms with Crippen molar-refractivity contribution >= 4 is 34.6 Å². The van der Waals surface area contributed by atoms with Crippen LogP contribution < -0.4 is 0 Å². The number of aryl methyl sites for hydroxylation is 1.